The normalized spacial score (nSPS) is 11.8. The molecule has 4 aromatic heterocycles. The number of hydrogen-bond acceptors (Lipinski definition) is 6. The summed E-state index contributed by atoms with van der Waals surface area (Å²) in [7, 11) is 3.00. The molecule has 178 valence electrons. The molecule has 1 N–H and O–H groups in total. The second-order valence-corrected chi connectivity index (χ2v) is 7.76. The lowest BCUT2D eigenvalue weighted by molar-refractivity contribution is -0.140. The molecule has 5 aromatic rings. The van der Waals surface area contributed by atoms with Crippen LogP contribution < -0.4 is 10.4 Å². The van der Waals surface area contributed by atoms with Gasteiger partial charge in [0, 0.05) is 25.0 Å². The summed E-state index contributed by atoms with van der Waals surface area (Å²) in [4.78, 5) is 32.1. The van der Waals surface area contributed by atoms with Gasteiger partial charge in [-0.25, -0.2) is 24.7 Å². The lowest BCUT2D eigenvalue weighted by Gasteiger charge is -2.08. The highest BCUT2D eigenvalue weighted by atomic mass is 19.4. The summed E-state index contributed by atoms with van der Waals surface area (Å²) in [5.74, 6) is 0.895. The highest BCUT2D eigenvalue weighted by Gasteiger charge is 2.34. The molecular formula is C23H18F3N7O2. The first-order chi connectivity index (χ1) is 16.7. The van der Waals surface area contributed by atoms with E-state index in [4.69, 9.17) is 4.74 Å². The Morgan fingerprint density at radius 2 is 1.86 bits per heavy atom. The summed E-state index contributed by atoms with van der Waals surface area (Å²) in [6, 6.07) is 10.3. The highest BCUT2D eigenvalue weighted by molar-refractivity contribution is 5.74. The van der Waals surface area contributed by atoms with E-state index in [-0.39, 0.29) is 18.1 Å². The van der Waals surface area contributed by atoms with Crippen LogP contribution in [0.5, 0.6) is 5.88 Å². The van der Waals surface area contributed by atoms with Crippen LogP contribution in [-0.2, 0) is 19.8 Å². The van der Waals surface area contributed by atoms with Gasteiger partial charge in [0.25, 0.3) is 0 Å². The Balaban J connectivity index is 1.47. The molecule has 0 aliphatic carbocycles. The first-order valence-electron chi connectivity index (χ1n) is 10.4. The van der Waals surface area contributed by atoms with Crippen LogP contribution in [0.1, 0.15) is 11.3 Å². The predicted molar refractivity (Wildman–Crippen MR) is 121 cm³/mol. The smallest absolute Gasteiger partial charge is 0.434 e. The number of ether oxygens (including phenoxy) is 1. The summed E-state index contributed by atoms with van der Waals surface area (Å²) < 4.78 is 47.0. The number of nitrogens with zero attached hydrogens (tertiary/aromatic N) is 6. The summed E-state index contributed by atoms with van der Waals surface area (Å²) in [6.07, 6.45) is -0.466. The van der Waals surface area contributed by atoms with E-state index in [1.165, 1.54) is 29.5 Å². The van der Waals surface area contributed by atoms with Crippen molar-refractivity contribution in [3.8, 4) is 28.7 Å². The van der Waals surface area contributed by atoms with Crippen LogP contribution >= 0.6 is 0 Å². The van der Waals surface area contributed by atoms with Gasteiger partial charge in [0.05, 0.1) is 25.4 Å². The summed E-state index contributed by atoms with van der Waals surface area (Å²) in [5, 5.41) is 0. The Bertz CT molecular complexity index is 1580. The van der Waals surface area contributed by atoms with Crippen molar-refractivity contribution < 1.29 is 17.9 Å². The molecule has 0 amide bonds. The van der Waals surface area contributed by atoms with Gasteiger partial charge in [-0.1, -0.05) is 24.3 Å². The van der Waals surface area contributed by atoms with E-state index in [0.29, 0.717) is 34.0 Å². The number of aryl methyl sites for hydroxylation is 1. The largest absolute Gasteiger partial charge is 0.480 e. The fourth-order valence-corrected chi connectivity index (χ4v) is 3.76. The quantitative estimate of drug-likeness (QED) is 0.411. The number of hydrogen-bond donors (Lipinski definition) is 1. The maximum Gasteiger partial charge on any atom is 0.434 e. The zero-order chi connectivity index (χ0) is 24.7. The van der Waals surface area contributed by atoms with Crippen LogP contribution in [0, 0.1) is 0 Å². The number of fused-ring (bicyclic) bond motifs is 1. The molecule has 0 unspecified atom stereocenters. The molecule has 5 rings (SSSR count). The molecule has 4 heterocycles. The lowest BCUT2D eigenvalue weighted by atomic mass is 10.1. The molecular weight excluding hydrogens is 463 g/mol. The van der Waals surface area contributed by atoms with Gasteiger partial charge in [-0.2, -0.15) is 13.2 Å². The number of H-pyrrole nitrogens is 1. The van der Waals surface area contributed by atoms with E-state index in [2.05, 4.69) is 24.9 Å². The van der Waals surface area contributed by atoms with Gasteiger partial charge in [-0.05, 0) is 17.7 Å². The molecule has 35 heavy (non-hydrogen) atoms. The third kappa shape index (κ3) is 4.14. The van der Waals surface area contributed by atoms with Crippen molar-refractivity contribution in [1.82, 2.24) is 34.1 Å². The van der Waals surface area contributed by atoms with Crippen molar-refractivity contribution in [2.24, 2.45) is 7.05 Å². The van der Waals surface area contributed by atoms with E-state index in [9.17, 15) is 18.0 Å². The minimum Gasteiger partial charge on any atom is -0.480 e. The molecule has 0 atom stereocenters. The first kappa shape index (κ1) is 22.3. The molecule has 1 aromatic carbocycles. The van der Waals surface area contributed by atoms with Gasteiger partial charge in [-0.3, -0.25) is 4.57 Å². The third-order valence-electron chi connectivity index (χ3n) is 5.44. The Hall–Kier alpha value is -4.48. The van der Waals surface area contributed by atoms with Crippen molar-refractivity contribution in [3.63, 3.8) is 0 Å². The van der Waals surface area contributed by atoms with Gasteiger partial charge in [0.2, 0.25) is 5.88 Å². The molecule has 0 aliphatic heterocycles. The summed E-state index contributed by atoms with van der Waals surface area (Å²) in [6.45, 7) is 0.189. The fraction of sp³-hybridized carbons (Fsp3) is 0.174. The second kappa shape index (κ2) is 8.38. The van der Waals surface area contributed by atoms with E-state index in [1.54, 1.807) is 42.6 Å². The molecule has 0 radical (unpaired) electrons. The minimum atomic E-state index is -4.52. The topological polar surface area (TPSA) is 104 Å². The van der Waals surface area contributed by atoms with E-state index in [0.717, 1.165) is 11.8 Å². The molecule has 0 saturated carbocycles. The molecule has 0 saturated heterocycles. The van der Waals surface area contributed by atoms with Crippen molar-refractivity contribution in [2.45, 2.75) is 12.7 Å². The van der Waals surface area contributed by atoms with E-state index < -0.39 is 11.9 Å². The van der Waals surface area contributed by atoms with Crippen molar-refractivity contribution >= 4 is 11.2 Å². The Labute approximate surface area is 195 Å². The van der Waals surface area contributed by atoms with Gasteiger partial charge in [-0.15, -0.1) is 0 Å². The maximum atomic E-state index is 13.0. The summed E-state index contributed by atoms with van der Waals surface area (Å²) in [5.41, 5.74) is 1.39. The molecule has 0 spiro atoms. The standard InChI is InChI=1S/C23H18F3N7O2/c1-32-12-17(23(24,25)26)30-19(32)14-7-5-13(6-8-14)11-33-20-16(29-22(33)34)10-28-18(31-20)15-4-3-9-27-21(15)35-2/h3-10,12H,11H2,1-2H3,(H,29,34). The number of benzene rings is 1. The van der Waals surface area contributed by atoms with Crippen molar-refractivity contribution in [1.29, 1.82) is 0 Å². The van der Waals surface area contributed by atoms with Gasteiger partial charge in [0.1, 0.15) is 11.3 Å². The average molecular weight is 481 g/mol. The molecule has 9 nitrogen and oxygen atoms in total. The van der Waals surface area contributed by atoms with Crippen LogP contribution in [0.25, 0.3) is 33.9 Å². The van der Waals surface area contributed by atoms with E-state index >= 15 is 0 Å². The van der Waals surface area contributed by atoms with E-state index in [1.807, 2.05) is 0 Å². The van der Waals surface area contributed by atoms with Gasteiger partial charge < -0.3 is 14.3 Å². The molecule has 0 bridgehead atoms. The van der Waals surface area contributed by atoms with Crippen LogP contribution in [-0.4, -0.2) is 41.2 Å². The molecule has 12 heteroatoms. The molecule has 0 aliphatic rings. The predicted octanol–water partition coefficient (Wildman–Crippen LogP) is 3.66. The number of pyridine rings is 1. The third-order valence-corrected chi connectivity index (χ3v) is 5.44. The zero-order valence-electron chi connectivity index (χ0n) is 18.5. The van der Waals surface area contributed by atoms with Crippen LogP contribution in [0.2, 0.25) is 0 Å². The maximum absolute atomic E-state index is 13.0. The Morgan fingerprint density at radius 1 is 1.09 bits per heavy atom. The number of halogens is 3. The fourth-order valence-electron chi connectivity index (χ4n) is 3.76. The van der Waals surface area contributed by atoms with Gasteiger partial charge >= 0.3 is 11.9 Å². The number of methoxy groups -OCH3 is 1. The number of rotatable bonds is 5. The Kier molecular flexibility index (Phi) is 5.35. The summed E-state index contributed by atoms with van der Waals surface area (Å²) >= 11 is 0. The SMILES string of the molecule is COc1ncccc1-c1ncc2[nH]c(=O)n(Cc3ccc(-c4nc(C(F)(F)F)cn4C)cc3)c2n1. The highest BCUT2D eigenvalue weighted by Crippen LogP contribution is 2.31. The number of nitrogens with one attached hydrogen (secondary N) is 1. The monoisotopic (exact) mass is 481 g/mol. The van der Waals surface area contributed by atoms with Crippen molar-refractivity contribution in [3.05, 3.63) is 76.7 Å². The lowest BCUT2D eigenvalue weighted by Crippen LogP contribution is -2.17. The number of aromatic amines is 1. The number of alkyl halides is 3. The van der Waals surface area contributed by atoms with Crippen LogP contribution in [0.15, 0.2) is 59.8 Å². The van der Waals surface area contributed by atoms with Crippen LogP contribution in [0.4, 0.5) is 13.2 Å². The number of aromatic nitrogens is 7. The molecule has 0 fully saturated rings. The second-order valence-electron chi connectivity index (χ2n) is 7.76. The first-order valence-corrected chi connectivity index (χ1v) is 10.4. The average Bonchev–Trinajstić information content (AvgIpc) is 3.39. The minimum absolute atomic E-state index is 0.189. The number of imidazole rings is 2. The van der Waals surface area contributed by atoms with Gasteiger partial charge in [0.15, 0.2) is 17.2 Å². The zero-order valence-corrected chi connectivity index (χ0v) is 18.5. The van der Waals surface area contributed by atoms with Crippen molar-refractivity contribution in [2.75, 3.05) is 7.11 Å². The van der Waals surface area contributed by atoms with Crippen LogP contribution in [0.3, 0.4) is 0 Å². The Morgan fingerprint density at radius 3 is 2.54 bits per heavy atom.